The molecule has 1 fully saturated rings. The third kappa shape index (κ3) is 1.42. The summed E-state index contributed by atoms with van der Waals surface area (Å²) in [6.45, 7) is 1.59. The fraction of sp³-hybridized carbons (Fsp3) is 0.417. The molecule has 0 saturated heterocycles. The van der Waals surface area contributed by atoms with Gasteiger partial charge in [-0.2, -0.15) is 4.99 Å². The quantitative estimate of drug-likeness (QED) is 0.616. The molecule has 0 bridgehead atoms. The van der Waals surface area contributed by atoms with Crippen LogP contribution in [0.3, 0.4) is 0 Å². The molecule has 4 heteroatoms. The smallest absolute Gasteiger partial charge is 0.235 e. The van der Waals surface area contributed by atoms with Gasteiger partial charge in [-0.15, -0.1) is 0 Å². The van der Waals surface area contributed by atoms with Crippen LogP contribution in [0.2, 0.25) is 0 Å². The molecule has 16 heavy (non-hydrogen) atoms. The van der Waals surface area contributed by atoms with E-state index in [-0.39, 0.29) is 11.6 Å². The van der Waals surface area contributed by atoms with Crippen LogP contribution in [0, 0.1) is 12.7 Å². The average Bonchev–Trinajstić information content (AvgIpc) is 2.20. The first-order valence-corrected chi connectivity index (χ1v) is 5.18. The molecule has 0 spiro atoms. The molecule has 1 saturated carbocycles. The van der Waals surface area contributed by atoms with Crippen molar-refractivity contribution in [3.8, 4) is 5.75 Å². The van der Waals surface area contributed by atoms with Gasteiger partial charge in [-0.1, -0.05) is 0 Å². The number of phenolic OH excluding ortho intramolecular Hbond substituents is 1. The second-order valence-electron chi connectivity index (χ2n) is 4.15. The number of hydrogen-bond donors (Lipinski definition) is 1. The summed E-state index contributed by atoms with van der Waals surface area (Å²) in [6.07, 6.45) is 3.75. The van der Waals surface area contributed by atoms with Crippen molar-refractivity contribution in [2.45, 2.75) is 31.7 Å². The molecule has 0 aromatic heterocycles. The first-order valence-electron chi connectivity index (χ1n) is 5.18. The SMILES string of the molecule is Cc1c(F)ccc(O)c1C1(N=C=O)CCC1. The van der Waals surface area contributed by atoms with Crippen molar-refractivity contribution in [1.82, 2.24) is 0 Å². The Bertz CT molecular complexity index is 474. The second kappa shape index (κ2) is 3.72. The van der Waals surface area contributed by atoms with Crippen LogP contribution in [0.5, 0.6) is 5.75 Å². The monoisotopic (exact) mass is 221 g/mol. The zero-order valence-corrected chi connectivity index (χ0v) is 8.96. The van der Waals surface area contributed by atoms with Gasteiger partial charge in [0.15, 0.2) is 0 Å². The summed E-state index contributed by atoms with van der Waals surface area (Å²) in [6, 6.07) is 2.52. The van der Waals surface area contributed by atoms with Crippen molar-refractivity contribution in [2.75, 3.05) is 0 Å². The number of halogens is 1. The minimum absolute atomic E-state index is 0.00222. The molecular formula is C12H12FNO2. The molecule has 1 aromatic rings. The molecule has 84 valence electrons. The number of nitrogens with zero attached hydrogens (tertiary/aromatic N) is 1. The van der Waals surface area contributed by atoms with Gasteiger partial charge in [0.25, 0.3) is 0 Å². The van der Waals surface area contributed by atoms with Crippen molar-refractivity contribution in [2.24, 2.45) is 4.99 Å². The van der Waals surface area contributed by atoms with E-state index in [9.17, 15) is 14.3 Å². The molecule has 1 aliphatic carbocycles. The highest BCUT2D eigenvalue weighted by atomic mass is 19.1. The minimum Gasteiger partial charge on any atom is -0.508 e. The van der Waals surface area contributed by atoms with Gasteiger partial charge in [-0.25, -0.2) is 9.18 Å². The average molecular weight is 221 g/mol. The number of aromatic hydroxyl groups is 1. The van der Waals surface area contributed by atoms with E-state index in [1.807, 2.05) is 0 Å². The van der Waals surface area contributed by atoms with Crippen molar-refractivity contribution >= 4 is 6.08 Å². The lowest BCUT2D eigenvalue weighted by Crippen LogP contribution is -2.33. The number of phenols is 1. The van der Waals surface area contributed by atoms with Gasteiger partial charge in [0.1, 0.15) is 17.1 Å². The fourth-order valence-corrected chi connectivity index (χ4v) is 2.28. The zero-order valence-electron chi connectivity index (χ0n) is 8.96. The summed E-state index contributed by atoms with van der Waals surface area (Å²) < 4.78 is 13.4. The Morgan fingerprint density at radius 2 is 2.19 bits per heavy atom. The maximum absolute atomic E-state index is 13.4. The predicted molar refractivity (Wildman–Crippen MR) is 56.5 cm³/mol. The summed E-state index contributed by atoms with van der Waals surface area (Å²) >= 11 is 0. The first kappa shape index (κ1) is 10.8. The van der Waals surface area contributed by atoms with Crippen LogP contribution in [0.4, 0.5) is 4.39 Å². The van der Waals surface area contributed by atoms with Crippen molar-refractivity contribution in [1.29, 1.82) is 0 Å². The van der Waals surface area contributed by atoms with Gasteiger partial charge >= 0.3 is 0 Å². The summed E-state index contributed by atoms with van der Waals surface area (Å²) in [7, 11) is 0. The molecule has 0 aliphatic heterocycles. The summed E-state index contributed by atoms with van der Waals surface area (Å²) in [5.41, 5.74) is 0.0404. The van der Waals surface area contributed by atoms with Crippen molar-refractivity contribution < 1.29 is 14.3 Å². The Morgan fingerprint density at radius 1 is 1.50 bits per heavy atom. The molecule has 0 heterocycles. The molecular weight excluding hydrogens is 209 g/mol. The Morgan fingerprint density at radius 3 is 2.69 bits per heavy atom. The topological polar surface area (TPSA) is 49.7 Å². The van der Waals surface area contributed by atoms with Gasteiger partial charge in [-0.05, 0) is 43.9 Å². The summed E-state index contributed by atoms with van der Waals surface area (Å²) in [4.78, 5) is 14.2. The highest BCUT2D eigenvalue weighted by molar-refractivity contribution is 5.49. The molecule has 0 amide bonds. The molecule has 0 radical (unpaired) electrons. The van der Waals surface area contributed by atoms with E-state index in [0.717, 1.165) is 6.42 Å². The van der Waals surface area contributed by atoms with Gasteiger partial charge < -0.3 is 5.11 Å². The van der Waals surface area contributed by atoms with Crippen molar-refractivity contribution in [3.63, 3.8) is 0 Å². The molecule has 0 unspecified atom stereocenters. The second-order valence-corrected chi connectivity index (χ2v) is 4.15. The number of benzene rings is 1. The molecule has 3 nitrogen and oxygen atoms in total. The van der Waals surface area contributed by atoms with Gasteiger partial charge in [0.2, 0.25) is 6.08 Å². The molecule has 2 rings (SSSR count). The highest BCUT2D eigenvalue weighted by Crippen LogP contribution is 2.49. The predicted octanol–water partition coefficient (Wildman–Crippen LogP) is 2.55. The van der Waals surface area contributed by atoms with E-state index in [1.54, 1.807) is 6.92 Å². The molecule has 1 aromatic carbocycles. The van der Waals surface area contributed by atoms with Gasteiger partial charge in [0, 0.05) is 5.56 Å². The number of carbonyl (C=O) groups excluding carboxylic acids is 1. The number of aliphatic imine (C=N–C) groups is 1. The van der Waals surface area contributed by atoms with Crippen LogP contribution in [0.15, 0.2) is 17.1 Å². The van der Waals surface area contributed by atoms with E-state index in [1.165, 1.54) is 18.2 Å². The molecule has 0 atom stereocenters. The fourth-order valence-electron chi connectivity index (χ4n) is 2.28. The van der Waals surface area contributed by atoms with E-state index in [0.29, 0.717) is 24.0 Å². The van der Waals surface area contributed by atoms with E-state index < -0.39 is 5.54 Å². The van der Waals surface area contributed by atoms with Crippen LogP contribution in [-0.2, 0) is 10.3 Å². The lowest BCUT2D eigenvalue weighted by Gasteiger charge is -2.38. The third-order valence-electron chi connectivity index (χ3n) is 3.28. The maximum Gasteiger partial charge on any atom is 0.235 e. The largest absolute Gasteiger partial charge is 0.508 e. The van der Waals surface area contributed by atoms with Gasteiger partial charge in [0.05, 0.1) is 0 Å². The Kier molecular flexibility index (Phi) is 2.52. The Hall–Kier alpha value is -1.67. The lowest BCUT2D eigenvalue weighted by atomic mass is 9.70. The Balaban J connectivity index is 2.62. The molecule has 1 N–H and O–H groups in total. The summed E-state index contributed by atoms with van der Waals surface area (Å²) in [5, 5.41) is 9.79. The number of hydrogen-bond acceptors (Lipinski definition) is 3. The first-order chi connectivity index (χ1) is 7.60. The zero-order chi connectivity index (χ0) is 11.8. The summed E-state index contributed by atoms with van der Waals surface area (Å²) in [5.74, 6) is -0.391. The van der Waals surface area contributed by atoms with Crippen LogP contribution in [0.1, 0.15) is 30.4 Å². The normalized spacial score (nSPS) is 17.4. The number of isocyanates is 1. The number of rotatable bonds is 2. The third-order valence-corrected chi connectivity index (χ3v) is 3.28. The minimum atomic E-state index is -0.752. The van der Waals surface area contributed by atoms with Crippen LogP contribution in [0.25, 0.3) is 0 Å². The van der Waals surface area contributed by atoms with E-state index in [2.05, 4.69) is 4.99 Å². The standard InChI is InChI=1S/C12H12FNO2/c1-8-9(13)3-4-10(16)11(8)12(14-7-15)5-2-6-12/h3-4,16H,2,5-6H2,1H3. The highest BCUT2D eigenvalue weighted by Gasteiger charge is 2.42. The maximum atomic E-state index is 13.4. The van der Waals surface area contributed by atoms with Gasteiger partial charge in [-0.3, -0.25) is 0 Å². The molecule has 1 aliphatic rings. The van der Waals surface area contributed by atoms with E-state index in [4.69, 9.17) is 0 Å². The lowest BCUT2D eigenvalue weighted by molar-refractivity contribution is 0.245. The van der Waals surface area contributed by atoms with Crippen LogP contribution >= 0.6 is 0 Å². The Labute approximate surface area is 92.6 Å². The van der Waals surface area contributed by atoms with E-state index >= 15 is 0 Å². The van der Waals surface area contributed by atoms with Crippen LogP contribution < -0.4 is 0 Å². The van der Waals surface area contributed by atoms with Crippen molar-refractivity contribution in [3.05, 3.63) is 29.1 Å². The van der Waals surface area contributed by atoms with Crippen LogP contribution in [-0.4, -0.2) is 11.2 Å².